The van der Waals surface area contributed by atoms with Gasteiger partial charge in [-0.2, -0.15) is 5.10 Å². The van der Waals surface area contributed by atoms with Crippen LogP contribution in [0.3, 0.4) is 0 Å². The number of carbonyl (C=O) groups is 1. The average Bonchev–Trinajstić information content (AvgIpc) is 3.21. The quantitative estimate of drug-likeness (QED) is 0.492. The molecule has 136 valence electrons. The zero-order valence-corrected chi connectivity index (χ0v) is 15.9. The van der Waals surface area contributed by atoms with E-state index in [0.717, 1.165) is 21.5 Å². The van der Waals surface area contributed by atoms with Crippen LogP contribution in [0, 0.1) is 12.7 Å². The van der Waals surface area contributed by atoms with Gasteiger partial charge in [0.1, 0.15) is 10.6 Å². The first-order valence-corrected chi connectivity index (χ1v) is 9.48. The molecule has 0 aliphatic rings. The van der Waals surface area contributed by atoms with E-state index in [0.29, 0.717) is 16.4 Å². The molecule has 4 aromatic rings. The molecule has 1 amide bonds. The van der Waals surface area contributed by atoms with Crippen LogP contribution >= 0.6 is 22.9 Å². The van der Waals surface area contributed by atoms with Crippen LogP contribution in [0.15, 0.2) is 54.6 Å². The summed E-state index contributed by atoms with van der Waals surface area (Å²) >= 11 is 7.28. The van der Waals surface area contributed by atoms with E-state index in [4.69, 9.17) is 11.6 Å². The first-order valence-electron chi connectivity index (χ1n) is 8.28. The summed E-state index contributed by atoms with van der Waals surface area (Å²) in [5.41, 5.74) is 2.08. The maximum absolute atomic E-state index is 13.8. The van der Waals surface area contributed by atoms with Crippen molar-refractivity contribution in [3.63, 3.8) is 0 Å². The Balaban J connectivity index is 1.63. The fraction of sp³-hybridized carbons (Fsp3) is 0.100. The molecule has 1 N–H and O–H groups in total. The number of hydrogen-bond acceptors (Lipinski definition) is 3. The van der Waals surface area contributed by atoms with Gasteiger partial charge in [0.05, 0.1) is 22.8 Å². The second-order valence-electron chi connectivity index (χ2n) is 6.13. The summed E-state index contributed by atoms with van der Waals surface area (Å²) < 4.78 is 15.6. The first-order chi connectivity index (χ1) is 13.0. The van der Waals surface area contributed by atoms with Gasteiger partial charge >= 0.3 is 0 Å². The SMILES string of the molecule is Cc1nn(Cc2ccc(Cl)cc2)c2sc(C(=O)Nc3ccccc3F)cc12. The van der Waals surface area contributed by atoms with E-state index >= 15 is 0 Å². The van der Waals surface area contributed by atoms with Crippen LogP contribution in [0.1, 0.15) is 20.9 Å². The Morgan fingerprint density at radius 3 is 2.70 bits per heavy atom. The van der Waals surface area contributed by atoms with E-state index in [1.165, 1.54) is 23.5 Å². The highest BCUT2D eigenvalue weighted by Gasteiger charge is 2.17. The van der Waals surface area contributed by atoms with Crippen molar-refractivity contribution in [2.45, 2.75) is 13.5 Å². The zero-order chi connectivity index (χ0) is 19.0. The van der Waals surface area contributed by atoms with E-state index in [2.05, 4.69) is 10.4 Å². The number of benzene rings is 2. The third-order valence-corrected chi connectivity index (χ3v) is 5.60. The Labute approximate surface area is 164 Å². The Kier molecular flexibility index (Phi) is 4.68. The summed E-state index contributed by atoms with van der Waals surface area (Å²) in [5.74, 6) is -0.796. The van der Waals surface area contributed by atoms with Crippen molar-refractivity contribution in [3.05, 3.63) is 81.6 Å². The Bertz CT molecular complexity index is 1130. The fourth-order valence-corrected chi connectivity index (χ4v) is 4.02. The van der Waals surface area contributed by atoms with Crippen molar-refractivity contribution in [1.29, 1.82) is 0 Å². The number of amides is 1. The molecule has 7 heteroatoms. The summed E-state index contributed by atoms with van der Waals surface area (Å²) in [6, 6.07) is 15.5. The molecule has 0 spiro atoms. The summed E-state index contributed by atoms with van der Waals surface area (Å²) in [6.45, 7) is 2.49. The van der Waals surface area contributed by atoms with Crippen LogP contribution < -0.4 is 5.32 Å². The molecule has 0 fully saturated rings. The zero-order valence-electron chi connectivity index (χ0n) is 14.4. The number of hydrogen-bond donors (Lipinski definition) is 1. The smallest absolute Gasteiger partial charge is 0.265 e. The summed E-state index contributed by atoms with van der Waals surface area (Å²) in [4.78, 5) is 14.0. The molecule has 2 heterocycles. The molecule has 27 heavy (non-hydrogen) atoms. The van der Waals surface area contributed by atoms with E-state index in [9.17, 15) is 9.18 Å². The number of thiophene rings is 1. The van der Waals surface area contributed by atoms with Crippen molar-refractivity contribution in [3.8, 4) is 0 Å². The number of nitrogens with zero attached hydrogens (tertiary/aromatic N) is 2. The Morgan fingerprint density at radius 2 is 1.96 bits per heavy atom. The van der Waals surface area contributed by atoms with E-state index in [1.807, 2.05) is 35.9 Å². The first kappa shape index (κ1) is 17.7. The molecule has 0 atom stereocenters. The Hall–Kier alpha value is -2.70. The lowest BCUT2D eigenvalue weighted by Crippen LogP contribution is -2.11. The van der Waals surface area contributed by atoms with Crippen LogP contribution in [0.2, 0.25) is 5.02 Å². The molecule has 0 saturated carbocycles. The minimum absolute atomic E-state index is 0.166. The van der Waals surface area contributed by atoms with E-state index < -0.39 is 5.82 Å². The normalized spacial score (nSPS) is 11.1. The number of anilines is 1. The highest BCUT2D eigenvalue weighted by atomic mass is 35.5. The molecule has 0 aliphatic heterocycles. The van der Waals surface area contributed by atoms with Gasteiger partial charge < -0.3 is 5.32 Å². The van der Waals surface area contributed by atoms with Crippen molar-refractivity contribution >= 4 is 44.7 Å². The van der Waals surface area contributed by atoms with Gasteiger partial charge in [0.2, 0.25) is 0 Å². The maximum atomic E-state index is 13.8. The van der Waals surface area contributed by atoms with Gasteiger partial charge in [0.25, 0.3) is 5.91 Å². The lowest BCUT2D eigenvalue weighted by molar-refractivity contribution is 0.103. The third kappa shape index (κ3) is 3.59. The molecule has 4 nitrogen and oxygen atoms in total. The average molecular weight is 400 g/mol. The van der Waals surface area contributed by atoms with Gasteiger partial charge in [0.15, 0.2) is 0 Å². The topological polar surface area (TPSA) is 46.9 Å². The largest absolute Gasteiger partial charge is 0.319 e. The lowest BCUT2D eigenvalue weighted by atomic mass is 10.2. The minimum Gasteiger partial charge on any atom is -0.319 e. The van der Waals surface area contributed by atoms with Gasteiger partial charge in [-0.3, -0.25) is 9.48 Å². The molecule has 0 aliphatic carbocycles. The number of nitrogens with one attached hydrogen (secondary N) is 1. The summed E-state index contributed by atoms with van der Waals surface area (Å²) in [7, 11) is 0. The van der Waals surface area contributed by atoms with Crippen molar-refractivity contribution in [2.75, 3.05) is 5.32 Å². The molecule has 2 aromatic carbocycles. The van der Waals surface area contributed by atoms with Gasteiger partial charge in [-0.15, -0.1) is 11.3 Å². The summed E-state index contributed by atoms with van der Waals surface area (Å²) in [6.07, 6.45) is 0. The molecular weight excluding hydrogens is 385 g/mol. The molecule has 0 bridgehead atoms. The standard InChI is InChI=1S/C20H15ClFN3OS/c1-12-15-10-18(19(26)23-17-5-3-2-4-16(17)22)27-20(15)25(24-12)11-13-6-8-14(21)9-7-13/h2-10H,11H2,1H3,(H,23,26). The van der Waals surface area contributed by atoms with Crippen LogP contribution in [0.5, 0.6) is 0 Å². The van der Waals surface area contributed by atoms with Crippen LogP contribution in [-0.2, 0) is 6.54 Å². The number of rotatable bonds is 4. The third-order valence-electron chi connectivity index (χ3n) is 4.20. The molecule has 0 radical (unpaired) electrons. The number of aromatic nitrogens is 2. The fourth-order valence-electron chi connectivity index (χ4n) is 2.84. The monoisotopic (exact) mass is 399 g/mol. The van der Waals surface area contributed by atoms with Crippen LogP contribution in [-0.4, -0.2) is 15.7 Å². The van der Waals surface area contributed by atoms with E-state index in [-0.39, 0.29) is 11.6 Å². The number of aryl methyl sites for hydroxylation is 1. The molecular formula is C20H15ClFN3OS. The maximum Gasteiger partial charge on any atom is 0.265 e. The predicted octanol–water partition coefficient (Wildman–Crippen LogP) is 5.50. The molecule has 0 saturated heterocycles. The number of halogens is 2. The number of para-hydroxylation sites is 1. The highest BCUT2D eigenvalue weighted by molar-refractivity contribution is 7.20. The minimum atomic E-state index is -0.461. The predicted molar refractivity (Wildman–Crippen MR) is 107 cm³/mol. The molecule has 0 unspecified atom stereocenters. The van der Waals surface area contributed by atoms with Crippen molar-refractivity contribution in [1.82, 2.24) is 9.78 Å². The van der Waals surface area contributed by atoms with Gasteiger partial charge in [-0.05, 0) is 42.8 Å². The van der Waals surface area contributed by atoms with Gasteiger partial charge in [-0.25, -0.2) is 4.39 Å². The van der Waals surface area contributed by atoms with Crippen molar-refractivity contribution < 1.29 is 9.18 Å². The number of carbonyl (C=O) groups excluding carboxylic acids is 1. The van der Waals surface area contributed by atoms with E-state index in [1.54, 1.807) is 18.2 Å². The van der Waals surface area contributed by atoms with Crippen LogP contribution in [0.25, 0.3) is 10.2 Å². The highest BCUT2D eigenvalue weighted by Crippen LogP contribution is 2.29. The van der Waals surface area contributed by atoms with Gasteiger partial charge in [-0.1, -0.05) is 35.9 Å². The second-order valence-corrected chi connectivity index (χ2v) is 7.60. The summed E-state index contributed by atoms with van der Waals surface area (Å²) in [5, 5.41) is 8.80. The number of fused-ring (bicyclic) bond motifs is 1. The van der Waals surface area contributed by atoms with Crippen molar-refractivity contribution in [2.24, 2.45) is 0 Å². The molecule has 2 aromatic heterocycles. The van der Waals surface area contributed by atoms with Gasteiger partial charge in [0, 0.05) is 10.4 Å². The Morgan fingerprint density at radius 1 is 1.22 bits per heavy atom. The lowest BCUT2D eigenvalue weighted by Gasteiger charge is -2.05. The van der Waals surface area contributed by atoms with Crippen LogP contribution in [0.4, 0.5) is 10.1 Å². The second kappa shape index (κ2) is 7.13. The molecule has 4 rings (SSSR count).